The molecule has 5 nitrogen and oxygen atoms in total. The molecular formula is C30H23N3O2S. The van der Waals surface area contributed by atoms with Gasteiger partial charge in [-0.05, 0) is 59.9 Å². The third-order valence-corrected chi connectivity index (χ3v) is 8.15. The molecule has 3 aromatic heterocycles. The molecular weight excluding hydrogens is 466 g/mol. The van der Waals surface area contributed by atoms with Crippen molar-refractivity contribution in [2.24, 2.45) is 0 Å². The smallest absolute Gasteiger partial charge is 0.261 e. The number of nitrogens with zero attached hydrogens (tertiary/aromatic N) is 2. The van der Waals surface area contributed by atoms with Crippen LogP contribution in [0.3, 0.4) is 0 Å². The molecule has 6 aromatic rings. The molecule has 3 heterocycles. The van der Waals surface area contributed by atoms with Crippen LogP contribution in [0.15, 0.2) is 70.4 Å². The van der Waals surface area contributed by atoms with E-state index in [0.717, 1.165) is 36.5 Å². The summed E-state index contributed by atoms with van der Waals surface area (Å²) in [4.78, 5) is 31.8. The lowest BCUT2D eigenvalue weighted by Gasteiger charge is -2.19. The summed E-state index contributed by atoms with van der Waals surface area (Å²) < 4.78 is 3.53. The molecule has 2 N–H and O–H groups in total. The third-order valence-electron chi connectivity index (χ3n) is 6.94. The average Bonchev–Trinajstić information content (AvgIpc) is 2.90. The zero-order chi connectivity index (χ0) is 25.0. The van der Waals surface area contributed by atoms with Crippen LogP contribution in [0.25, 0.3) is 41.7 Å². The fourth-order valence-corrected chi connectivity index (χ4v) is 6.33. The summed E-state index contributed by atoms with van der Waals surface area (Å²) in [6.07, 6.45) is 3.00. The Morgan fingerprint density at radius 1 is 0.889 bits per heavy atom. The second kappa shape index (κ2) is 8.47. The van der Waals surface area contributed by atoms with E-state index in [9.17, 15) is 9.59 Å². The molecule has 0 fully saturated rings. The molecule has 3 aromatic carbocycles. The van der Waals surface area contributed by atoms with Gasteiger partial charge in [-0.1, -0.05) is 44.0 Å². The molecule has 36 heavy (non-hydrogen) atoms. The van der Waals surface area contributed by atoms with E-state index in [4.69, 9.17) is 5.73 Å². The fourth-order valence-electron chi connectivity index (χ4n) is 5.14. The van der Waals surface area contributed by atoms with Crippen molar-refractivity contribution in [3.05, 3.63) is 92.8 Å². The summed E-state index contributed by atoms with van der Waals surface area (Å²) >= 11 is 1.63. The lowest BCUT2D eigenvalue weighted by atomic mass is 9.95. The molecule has 6 rings (SSSR count). The van der Waals surface area contributed by atoms with Crippen molar-refractivity contribution in [1.82, 2.24) is 9.55 Å². The normalized spacial score (nSPS) is 11.6. The SMILES string of the molecule is CCC(CC)n1c(=O)c2ccc3c4ccccc4sc4c(C#Cc5ccc(N)cn5)cc(c1=O)c2c43. The summed E-state index contributed by atoms with van der Waals surface area (Å²) in [6.45, 7) is 4.02. The lowest BCUT2D eigenvalue weighted by molar-refractivity contribution is 0.451. The van der Waals surface area contributed by atoms with Crippen LogP contribution >= 0.6 is 11.3 Å². The first-order valence-electron chi connectivity index (χ1n) is 12.0. The van der Waals surface area contributed by atoms with Crippen LogP contribution in [0.2, 0.25) is 0 Å². The topological polar surface area (TPSA) is 78.0 Å². The molecule has 0 radical (unpaired) electrons. The van der Waals surface area contributed by atoms with Gasteiger partial charge in [-0.25, -0.2) is 4.98 Å². The van der Waals surface area contributed by atoms with Crippen LogP contribution in [-0.2, 0) is 0 Å². The summed E-state index contributed by atoms with van der Waals surface area (Å²) in [5, 5.41) is 4.89. The number of hydrogen-bond acceptors (Lipinski definition) is 5. The van der Waals surface area contributed by atoms with Crippen molar-refractivity contribution < 1.29 is 0 Å². The summed E-state index contributed by atoms with van der Waals surface area (Å²) in [7, 11) is 0. The van der Waals surface area contributed by atoms with Gasteiger partial charge >= 0.3 is 0 Å². The van der Waals surface area contributed by atoms with Gasteiger partial charge < -0.3 is 5.73 Å². The Morgan fingerprint density at radius 3 is 2.39 bits per heavy atom. The highest BCUT2D eigenvalue weighted by Crippen LogP contribution is 2.41. The first-order chi connectivity index (χ1) is 17.5. The minimum absolute atomic E-state index is 0.149. The van der Waals surface area contributed by atoms with E-state index in [0.29, 0.717) is 35.0 Å². The Balaban J connectivity index is 1.80. The van der Waals surface area contributed by atoms with Crippen molar-refractivity contribution in [2.75, 3.05) is 5.73 Å². The molecule has 0 saturated carbocycles. The van der Waals surface area contributed by atoms with Crippen LogP contribution < -0.4 is 16.9 Å². The first kappa shape index (κ1) is 22.3. The predicted octanol–water partition coefficient (Wildman–Crippen LogP) is 6.06. The van der Waals surface area contributed by atoms with E-state index in [-0.39, 0.29) is 17.2 Å². The minimum Gasteiger partial charge on any atom is -0.397 e. The molecule has 0 bridgehead atoms. The van der Waals surface area contributed by atoms with E-state index in [1.54, 1.807) is 29.7 Å². The average molecular weight is 490 g/mol. The largest absolute Gasteiger partial charge is 0.397 e. The van der Waals surface area contributed by atoms with Crippen LogP contribution in [-0.4, -0.2) is 9.55 Å². The van der Waals surface area contributed by atoms with E-state index < -0.39 is 0 Å². The van der Waals surface area contributed by atoms with Gasteiger partial charge in [0.15, 0.2) is 0 Å². The molecule has 0 atom stereocenters. The number of anilines is 1. The van der Waals surface area contributed by atoms with Crippen molar-refractivity contribution in [1.29, 1.82) is 0 Å². The second-order valence-corrected chi connectivity index (χ2v) is 10.0. The van der Waals surface area contributed by atoms with Crippen LogP contribution in [0.1, 0.15) is 44.0 Å². The van der Waals surface area contributed by atoms with Crippen LogP contribution in [0, 0.1) is 11.8 Å². The Hall–Kier alpha value is -4.21. The van der Waals surface area contributed by atoms with Crippen LogP contribution in [0.4, 0.5) is 5.69 Å². The molecule has 0 aliphatic carbocycles. The highest BCUT2D eigenvalue weighted by molar-refractivity contribution is 7.25. The Kier molecular flexibility index (Phi) is 5.24. The Bertz CT molecular complexity index is 1970. The number of rotatable bonds is 3. The number of nitrogen functional groups attached to an aromatic ring is 1. The van der Waals surface area contributed by atoms with Gasteiger partial charge in [-0.2, -0.15) is 0 Å². The zero-order valence-electron chi connectivity index (χ0n) is 20.0. The highest BCUT2D eigenvalue weighted by atomic mass is 32.1. The van der Waals surface area contributed by atoms with Crippen molar-refractivity contribution >= 4 is 58.7 Å². The monoisotopic (exact) mass is 489 g/mol. The van der Waals surface area contributed by atoms with Gasteiger partial charge in [0.2, 0.25) is 0 Å². The number of nitrogens with two attached hydrogens (primary N) is 1. The maximum Gasteiger partial charge on any atom is 0.261 e. The lowest BCUT2D eigenvalue weighted by Crippen LogP contribution is -2.36. The van der Waals surface area contributed by atoms with Gasteiger partial charge in [-0.15, -0.1) is 11.3 Å². The highest BCUT2D eigenvalue weighted by Gasteiger charge is 2.22. The zero-order valence-corrected chi connectivity index (χ0v) is 20.8. The standard InChI is InChI=1S/C30H23N3O2S/c1-3-20(4-2)33-29(34)23-14-13-22-21-7-5-6-8-25(21)36-28-17(9-11-19-12-10-18(31)16-32-19)15-24(30(33)35)26(23)27(22)28/h5-8,10,12-16,20H,3-4,31H2,1-2H3. The number of pyridine rings is 2. The molecule has 0 amide bonds. The molecule has 0 aliphatic rings. The molecule has 176 valence electrons. The quantitative estimate of drug-likeness (QED) is 0.186. The van der Waals surface area contributed by atoms with E-state index in [1.165, 1.54) is 4.57 Å². The van der Waals surface area contributed by atoms with Gasteiger partial charge in [0, 0.05) is 32.5 Å². The van der Waals surface area contributed by atoms with E-state index in [1.807, 2.05) is 44.2 Å². The molecule has 0 saturated heterocycles. The fraction of sp³-hybridized carbons (Fsp3) is 0.167. The summed E-state index contributed by atoms with van der Waals surface area (Å²) in [6, 6.07) is 17.4. The number of fused-ring (bicyclic) bond motifs is 2. The number of benzene rings is 3. The maximum atomic E-state index is 13.8. The Labute approximate surface area is 211 Å². The summed E-state index contributed by atoms with van der Waals surface area (Å²) in [5.74, 6) is 6.41. The Morgan fingerprint density at radius 2 is 1.64 bits per heavy atom. The molecule has 6 heteroatoms. The minimum atomic E-state index is -0.248. The van der Waals surface area contributed by atoms with Gasteiger partial charge in [0.05, 0.1) is 22.0 Å². The third kappa shape index (κ3) is 3.28. The maximum absolute atomic E-state index is 13.8. The van der Waals surface area contributed by atoms with Crippen LogP contribution in [0.5, 0.6) is 0 Å². The van der Waals surface area contributed by atoms with Gasteiger partial charge in [-0.3, -0.25) is 14.2 Å². The van der Waals surface area contributed by atoms with Crippen molar-refractivity contribution in [2.45, 2.75) is 32.7 Å². The molecule has 0 spiro atoms. The van der Waals surface area contributed by atoms with E-state index in [2.05, 4.69) is 29.0 Å². The van der Waals surface area contributed by atoms with Gasteiger partial charge in [0.1, 0.15) is 5.69 Å². The van der Waals surface area contributed by atoms with Crippen molar-refractivity contribution in [3.8, 4) is 11.8 Å². The first-order valence-corrected chi connectivity index (χ1v) is 12.9. The number of hydrogen-bond donors (Lipinski definition) is 1. The van der Waals surface area contributed by atoms with E-state index >= 15 is 0 Å². The van der Waals surface area contributed by atoms with Crippen molar-refractivity contribution in [3.63, 3.8) is 0 Å². The second-order valence-electron chi connectivity index (χ2n) is 8.99. The van der Waals surface area contributed by atoms with Gasteiger partial charge in [0.25, 0.3) is 11.1 Å². The predicted molar refractivity (Wildman–Crippen MR) is 150 cm³/mol. The summed E-state index contributed by atoms with van der Waals surface area (Å²) in [5.41, 5.74) is 7.23. The number of aromatic nitrogens is 2. The molecule has 0 aliphatic heterocycles. The molecule has 0 unspecified atom stereocenters.